The summed E-state index contributed by atoms with van der Waals surface area (Å²) in [5, 5.41) is 3.04. The third kappa shape index (κ3) is 5.25. The van der Waals surface area contributed by atoms with Gasteiger partial charge in [-0.05, 0) is 5.92 Å². The van der Waals surface area contributed by atoms with E-state index in [1.165, 1.54) is 6.08 Å². The van der Waals surface area contributed by atoms with E-state index >= 15 is 0 Å². The van der Waals surface area contributed by atoms with E-state index in [0.29, 0.717) is 18.6 Å². The highest BCUT2D eigenvalue weighted by atomic mass is 17.2. The summed E-state index contributed by atoms with van der Waals surface area (Å²) in [6, 6.07) is -0.870. The van der Waals surface area contributed by atoms with E-state index in [1.807, 2.05) is 0 Å². The molecule has 1 atom stereocenters. The summed E-state index contributed by atoms with van der Waals surface area (Å²) in [4.78, 5) is 37.7. The van der Waals surface area contributed by atoms with Gasteiger partial charge in [-0.25, -0.2) is 19.3 Å². The molecule has 1 N–H and O–H groups in total. The van der Waals surface area contributed by atoms with Crippen molar-refractivity contribution in [2.24, 2.45) is 5.92 Å². The fraction of sp³-hybridized carbons (Fsp3) is 0.636. The molecular formula is C11H18N2O6. The third-order valence-electron chi connectivity index (χ3n) is 2.17. The maximum absolute atomic E-state index is 11.8. The predicted octanol–water partition coefficient (Wildman–Crippen LogP) is 0.560. The maximum Gasteiger partial charge on any atom is 0.408 e. The van der Waals surface area contributed by atoms with Gasteiger partial charge in [0.05, 0.1) is 0 Å². The standard InChI is InChI=1S/C11H18N2O6/c1-4-5-16-11(15)12-9(8(2)3)10(14)19-13-17-6-7-18-13/h4,8-9H,1,5-7H2,2-3H3,(H,12,15)/t9-/m0/s1. The molecule has 1 fully saturated rings. The van der Waals surface area contributed by atoms with Crippen molar-refractivity contribution in [3.8, 4) is 0 Å². The van der Waals surface area contributed by atoms with Crippen LogP contribution in [0.4, 0.5) is 4.79 Å². The Morgan fingerprint density at radius 2 is 2.05 bits per heavy atom. The van der Waals surface area contributed by atoms with Crippen LogP contribution in [0.5, 0.6) is 0 Å². The van der Waals surface area contributed by atoms with Gasteiger partial charge in [-0.2, -0.15) is 0 Å². The number of nitrogens with zero attached hydrogens (tertiary/aromatic N) is 1. The molecule has 8 heteroatoms. The molecular weight excluding hydrogens is 256 g/mol. The Bertz CT molecular complexity index is 327. The summed E-state index contributed by atoms with van der Waals surface area (Å²) >= 11 is 0. The Kier molecular flexibility index (Phi) is 6.26. The first kappa shape index (κ1) is 15.4. The molecule has 0 radical (unpaired) electrons. The van der Waals surface area contributed by atoms with Crippen LogP contribution in [0, 0.1) is 5.92 Å². The molecule has 0 unspecified atom stereocenters. The van der Waals surface area contributed by atoms with Gasteiger partial charge in [0.25, 0.3) is 0 Å². The van der Waals surface area contributed by atoms with Gasteiger partial charge in [0.15, 0.2) is 0 Å². The quantitative estimate of drug-likeness (QED) is 0.708. The maximum atomic E-state index is 11.8. The van der Waals surface area contributed by atoms with Crippen LogP contribution in [0.1, 0.15) is 13.8 Å². The molecule has 0 aromatic heterocycles. The van der Waals surface area contributed by atoms with Gasteiger partial charge in [-0.3, -0.25) is 0 Å². The van der Waals surface area contributed by atoms with Crippen molar-refractivity contribution >= 4 is 12.1 Å². The van der Waals surface area contributed by atoms with E-state index in [9.17, 15) is 9.59 Å². The fourth-order valence-corrected chi connectivity index (χ4v) is 1.24. The second-order valence-electron chi connectivity index (χ2n) is 4.05. The molecule has 0 aromatic rings. The minimum absolute atomic E-state index is 0.0596. The lowest BCUT2D eigenvalue weighted by Crippen LogP contribution is -2.47. The van der Waals surface area contributed by atoms with Gasteiger partial charge in [0, 0.05) is 0 Å². The lowest BCUT2D eigenvalue weighted by atomic mass is 10.1. The van der Waals surface area contributed by atoms with Crippen LogP contribution in [0.2, 0.25) is 0 Å². The van der Waals surface area contributed by atoms with Crippen molar-refractivity contribution in [2.45, 2.75) is 19.9 Å². The van der Waals surface area contributed by atoms with E-state index in [2.05, 4.69) is 11.9 Å². The van der Waals surface area contributed by atoms with Gasteiger partial charge in [0.2, 0.25) is 0 Å². The summed E-state index contributed by atoms with van der Waals surface area (Å²) in [5.41, 5.74) is 0. The van der Waals surface area contributed by atoms with Crippen molar-refractivity contribution in [1.29, 1.82) is 0 Å². The zero-order chi connectivity index (χ0) is 14.3. The van der Waals surface area contributed by atoms with Crippen LogP contribution in [-0.4, -0.2) is 43.3 Å². The third-order valence-corrected chi connectivity index (χ3v) is 2.17. The summed E-state index contributed by atoms with van der Waals surface area (Å²) in [6.07, 6.45) is 0.701. The number of carbonyl (C=O) groups excluding carboxylic acids is 2. The number of ether oxygens (including phenoxy) is 1. The number of nitrogens with one attached hydrogen (secondary N) is 1. The SMILES string of the molecule is C=CCOC(=O)N[C@H](C(=O)ON1OCCO1)C(C)C. The molecule has 0 aromatic carbocycles. The summed E-state index contributed by atoms with van der Waals surface area (Å²) in [5.74, 6) is -0.890. The zero-order valence-electron chi connectivity index (χ0n) is 11.0. The van der Waals surface area contributed by atoms with Crippen LogP contribution in [-0.2, 0) is 24.0 Å². The molecule has 0 saturated carbocycles. The fourth-order valence-electron chi connectivity index (χ4n) is 1.24. The predicted molar refractivity (Wildman–Crippen MR) is 63.1 cm³/mol. The zero-order valence-corrected chi connectivity index (χ0v) is 11.0. The Morgan fingerprint density at radius 3 is 2.58 bits per heavy atom. The average Bonchev–Trinajstić information content (AvgIpc) is 2.85. The van der Waals surface area contributed by atoms with Gasteiger partial charge < -0.3 is 14.9 Å². The van der Waals surface area contributed by atoms with Gasteiger partial charge in [0.1, 0.15) is 31.3 Å². The summed E-state index contributed by atoms with van der Waals surface area (Å²) in [6.45, 7) is 7.58. The number of alkyl carbamates (subject to hydrolysis) is 1. The largest absolute Gasteiger partial charge is 0.445 e. The first-order valence-corrected chi connectivity index (χ1v) is 5.86. The van der Waals surface area contributed by atoms with Gasteiger partial charge in [-0.15, -0.1) is 0 Å². The minimum Gasteiger partial charge on any atom is -0.445 e. The van der Waals surface area contributed by atoms with Gasteiger partial charge >= 0.3 is 12.1 Å². The highest BCUT2D eigenvalue weighted by Crippen LogP contribution is 2.09. The molecule has 1 aliphatic rings. The Hall–Kier alpha value is -1.64. The van der Waals surface area contributed by atoms with Crippen molar-refractivity contribution in [1.82, 2.24) is 10.7 Å². The second kappa shape index (κ2) is 7.72. The van der Waals surface area contributed by atoms with Crippen LogP contribution >= 0.6 is 0 Å². The van der Waals surface area contributed by atoms with E-state index in [0.717, 1.165) is 0 Å². The Balaban J connectivity index is 2.48. The molecule has 1 amide bonds. The first-order chi connectivity index (χ1) is 9.04. The number of carbonyl (C=O) groups is 2. The number of rotatable bonds is 6. The molecule has 0 aliphatic carbocycles. The lowest BCUT2D eigenvalue weighted by molar-refractivity contribution is -0.460. The molecule has 0 spiro atoms. The topological polar surface area (TPSA) is 86.3 Å². The van der Waals surface area contributed by atoms with E-state index in [-0.39, 0.29) is 12.5 Å². The Morgan fingerprint density at radius 1 is 1.42 bits per heavy atom. The molecule has 1 saturated heterocycles. The average molecular weight is 274 g/mol. The number of hydrogen-bond acceptors (Lipinski definition) is 7. The van der Waals surface area contributed by atoms with Crippen LogP contribution in [0.3, 0.4) is 0 Å². The Labute approximate surface area is 111 Å². The highest BCUT2D eigenvalue weighted by molar-refractivity contribution is 5.81. The van der Waals surface area contributed by atoms with Crippen molar-refractivity contribution in [3.05, 3.63) is 12.7 Å². The number of amides is 1. The molecule has 1 heterocycles. The van der Waals surface area contributed by atoms with E-state index < -0.39 is 18.1 Å². The molecule has 1 aliphatic heterocycles. The van der Waals surface area contributed by atoms with Crippen LogP contribution < -0.4 is 5.32 Å². The molecule has 1 rings (SSSR count). The summed E-state index contributed by atoms with van der Waals surface area (Å²) in [7, 11) is 0. The smallest absolute Gasteiger partial charge is 0.408 e. The molecule has 19 heavy (non-hydrogen) atoms. The van der Waals surface area contributed by atoms with Crippen molar-refractivity contribution in [3.63, 3.8) is 0 Å². The van der Waals surface area contributed by atoms with Crippen molar-refractivity contribution < 1.29 is 28.8 Å². The summed E-state index contributed by atoms with van der Waals surface area (Å²) < 4.78 is 4.74. The van der Waals surface area contributed by atoms with E-state index in [1.54, 1.807) is 13.8 Å². The first-order valence-electron chi connectivity index (χ1n) is 5.86. The van der Waals surface area contributed by atoms with Crippen LogP contribution in [0.15, 0.2) is 12.7 Å². The molecule has 0 bridgehead atoms. The lowest BCUT2D eigenvalue weighted by Gasteiger charge is -2.21. The highest BCUT2D eigenvalue weighted by Gasteiger charge is 2.30. The van der Waals surface area contributed by atoms with Crippen LogP contribution in [0.25, 0.3) is 0 Å². The normalized spacial score (nSPS) is 17.0. The van der Waals surface area contributed by atoms with Crippen molar-refractivity contribution in [2.75, 3.05) is 19.8 Å². The minimum atomic E-state index is -0.870. The molecule has 108 valence electrons. The van der Waals surface area contributed by atoms with Gasteiger partial charge in [-0.1, -0.05) is 26.5 Å². The molecule has 8 nitrogen and oxygen atoms in total. The monoisotopic (exact) mass is 274 g/mol. The second-order valence-corrected chi connectivity index (χ2v) is 4.05. The number of hydrogen-bond donors (Lipinski definition) is 1. The van der Waals surface area contributed by atoms with E-state index in [4.69, 9.17) is 19.2 Å².